The summed E-state index contributed by atoms with van der Waals surface area (Å²) in [5, 5.41) is 3.38. The van der Waals surface area contributed by atoms with E-state index in [-0.39, 0.29) is 17.3 Å². The molecule has 4 heteroatoms. The van der Waals surface area contributed by atoms with E-state index in [4.69, 9.17) is 4.74 Å². The fourth-order valence-corrected chi connectivity index (χ4v) is 3.81. The van der Waals surface area contributed by atoms with E-state index in [0.717, 1.165) is 10.6 Å². The number of carbonyl (C=O) groups is 1. The van der Waals surface area contributed by atoms with Crippen LogP contribution in [-0.2, 0) is 9.53 Å². The van der Waals surface area contributed by atoms with E-state index in [1.54, 1.807) is 11.8 Å². The van der Waals surface area contributed by atoms with Gasteiger partial charge in [0.2, 0.25) is 0 Å². The molecule has 1 heterocycles. The number of fused-ring (bicyclic) bond motifs is 1. The fourth-order valence-electron chi connectivity index (χ4n) is 2.64. The van der Waals surface area contributed by atoms with Gasteiger partial charge in [-0.1, -0.05) is 42.5 Å². The Labute approximate surface area is 135 Å². The molecule has 0 bridgehead atoms. The van der Waals surface area contributed by atoms with Gasteiger partial charge in [-0.15, -0.1) is 11.8 Å². The van der Waals surface area contributed by atoms with Crippen LogP contribution in [0, 0.1) is 0 Å². The van der Waals surface area contributed by atoms with Crippen molar-refractivity contribution in [3.8, 4) is 0 Å². The minimum atomic E-state index is -0.193. The monoisotopic (exact) mass is 313 g/mol. The highest BCUT2D eigenvalue weighted by Crippen LogP contribution is 2.40. The van der Waals surface area contributed by atoms with Gasteiger partial charge in [0, 0.05) is 10.6 Å². The largest absolute Gasteiger partial charge is 0.465 e. The molecule has 2 unspecified atom stereocenters. The Morgan fingerprint density at radius 1 is 1.18 bits per heavy atom. The average molecular weight is 313 g/mol. The van der Waals surface area contributed by atoms with Crippen LogP contribution in [0.2, 0.25) is 0 Å². The number of para-hydroxylation sites is 1. The third-order valence-corrected chi connectivity index (χ3v) is 4.97. The second-order valence-electron chi connectivity index (χ2n) is 5.20. The van der Waals surface area contributed by atoms with Crippen LogP contribution in [-0.4, -0.2) is 17.8 Å². The molecule has 0 radical (unpaired) electrons. The molecule has 1 aliphatic heterocycles. The number of ether oxygens (including phenoxy) is 1. The number of esters is 1. The van der Waals surface area contributed by atoms with Crippen molar-refractivity contribution >= 4 is 23.4 Å². The maximum Gasteiger partial charge on any atom is 0.319 e. The van der Waals surface area contributed by atoms with E-state index < -0.39 is 0 Å². The minimum absolute atomic E-state index is 0.103. The number of hydrogen-bond donors (Lipinski definition) is 1. The van der Waals surface area contributed by atoms with Crippen molar-refractivity contribution in [3.63, 3.8) is 0 Å². The molecule has 2 aromatic carbocycles. The SMILES string of the molecule is CCOC(=O)C1CC(c2ccccc2)Nc2ccccc2S1. The predicted octanol–water partition coefficient (Wildman–Crippen LogP) is 4.27. The lowest BCUT2D eigenvalue weighted by Gasteiger charge is -2.20. The first-order chi connectivity index (χ1) is 10.8. The van der Waals surface area contributed by atoms with Crippen LogP contribution in [0.3, 0.4) is 0 Å². The van der Waals surface area contributed by atoms with E-state index in [1.807, 2.05) is 43.3 Å². The van der Waals surface area contributed by atoms with Gasteiger partial charge in [0.05, 0.1) is 12.6 Å². The van der Waals surface area contributed by atoms with Gasteiger partial charge in [-0.3, -0.25) is 4.79 Å². The second kappa shape index (κ2) is 6.88. The van der Waals surface area contributed by atoms with Crippen molar-refractivity contribution in [3.05, 3.63) is 60.2 Å². The van der Waals surface area contributed by atoms with Gasteiger partial charge in [0.25, 0.3) is 0 Å². The van der Waals surface area contributed by atoms with Crippen LogP contribution < -0.4 is 5.32 Å². The molecule has 3 rings (SSSR count). The molecule has 0 aliphatic carbocycles. The first-order valence-corrected chi connectivity index (χ1v) is 8.39. The van der Waals surface area contributed by atoms with Crippen LogP contribution in [0.5, 0.6) is 0 Å². The number of rotatable bonds is 3. The predicted molar refractivity (Wildman–Crippen MR) is 90.1 cm³/mol. The molecule has 0 amide bonds. The van der Waals surface area contributed by atoms with Crippen molar-refractivity contribution in [2.45, 2.75) is 29.5 Å². The van der Waals surface area contributed by atoms with Gasteiger partial charge in [0.15, 0.2) is 0 Å². The van der Waals surface area contributed by atoms with E-state index in [9.17, 15) is 4.79 Å². The standard InChI is InChI=1S/C18H19NO2S/c1-2-21-18(20)17-12-15(13-8-4-3-5-9-13)19-14-10-6-7-11-16(14)22-17/h3-11,15,17,19H,2,12H2,1H3. The zero-order chi connectivity index (χ0) is 15.4. The third-order valence-electron chi connectivity index (χ3n) is 3.69. The van der Waals surface area contributed by atoms with Crippen molar-refractivity contribution in [1.29, 1.82) is 0 Å². The quantitative estimate of drug-likeness (QED) is 0.859. The Hall–Kier alpha value is -1.94. The van der Waals surface area contributed by atoms with Crippen molar-refractivity contribution in [2.24, 2.45) is 0 Å². The number of anilines is 1. The van der Waals surface area contributed by atoms with Gasteiger partial charge in [0.1, 0.15) is 5.25 Å². The van der Waals surface area contributed by atoms with Gasteiger partial charge >= 0.3 is 5.97 Å². The highest BCUT2D eigenvalue weighted by Gasteiger charge is 2.30. The Bertz CT molecular complexity index is 645. The van der Waals surface area contributed by atoms with Crippen LogP contribution >= 0.6 is 11.8 Å². The Balaban J connectivity index is 1.93. The summed E-state index contributed by atoms with van der Waals surface area (Å²) in [5.41, 5.74) is 2.27. The van der Waals surface area contributed by atoms with Gasteiger partial charge in [-0.05, 0) is 31.0 Å². The first-order valence-electron chi connectivity index (χ1n) is 7.51. The summed E-state index contributed by atoms with van der Waals surface area (Å²) in [4.78, 5) is 13.4. The summed E-state index contributed by atoms with van der Waals surface area (Å²) in [6, 6.07) is 18.5. The molecule has 0 aromatic heterocycles. The summed E-state index contributed by atoms with van der Waals surface area (Å²) < 4.78 is 5.25. The topological polar surface area (TPSA) is 38.3 Å². The van der Waals surface area contributed by atoms with Crippen LogP contribution in [0.15, 0.2) is 59.5 Å². The smallest absolute Gasteiger partial charge is 0.319 e. The number of benzene rings is 2. The van der Waals surface area contributed by atoms with Crippen molar-refractivity contribution in [2.75, 3.05) is 11.9 Å². The van der Waals surface area contributed by atoms with Gasteiger partial charge < -0.3 is 10.1 Å². The molecule has 0 spiro atoms. The van der Waals surface area contributed by atoms with Gasteiger partial charge in [-0.25, -0.2) is 0 Å². The zero-order valence-corrected chi connectivity index (χ0v) is 13.3. The Kier molecular flexibility index (Phi) is 4.68. The molecule has 114 valence electrons. The summed E-state index contributed by atoms with van der Waals surface area (Å²) in [6.07, 6.45) is 0.711. The number of nitrogens with one attached hydrogen (secondary N) is 1. The maximum absolute atomic E-state index is 12.3. The molecule has 0 fully saturated rings. The molecule has 2 atom stereocenters. The highest BCUT2D eigenvalue weighted by atomic mass is 32.2. The fraction of sp³-hybridized carbons (Fsp3) is 0.278. The average Bonchev–Trinajstić information content (AvgIpc) is 2.75. The zero-order valence-electron chi connectivity index (χ0n) is 12.5. The lowest BCUT2D eigenvalue weighted by atomic mass is 10.0. The Morgan fingerprint density at radius 2 is 1.91 bits per heavy atom. The third kappa shape index (κ3) is 3.28. The molecule has 3 nitrogen and oxygen atoms in total. The highest BCUT2D eigenvalue weighted by molar-refractivity contribution is 8.00. The summed E-state index contributed by atoms with van der Waals surface area (Å²) in [6.45, 7) is 2.26. The van der Waals surface area contributed by atoms with Crippen molar-refractivity contribution < 1.29 is 9.53 Å². The molecular formula is C18H19NO2S. The van der Waals surface area contributed by atoms with Gasteiger partial charge in [-0.2, -0.15) is 0 Å². The van der Waals surface area contributed by atoms with E-state index >= 15 is 0 Å². The normalized spacial score (nSPS) is 20.4. The minimum Gasteiger partial charge on any atom is -0.465 e. The van der Waals surface area contributed by atoms with Crippen LogP contribution in [0.25, 0.3) is 0 Å². The van der Waals surface area contributed by atoms with Crippen molar-refractivity contribution in [1.82, 2.24) is 0 Å². The summed E-state index contributed by atoms with van der Waals surface area (Å²) >= 11 is 1.59. The number of hydrogen-bond acceptors (Lipinski definition) is 4. The Morgan fingerprint density at radius 3 is 2.68 bits per heavy atom. The first kappa shape index (κ1) is 15.0. The molecule has 1 N–H and O–H groups in total. The second-order valence-corrected chi connectivity index (χ2v) is 6.44. The van der Waals surface area contributed by atoms with E-state index in [0.29, 0.717) is 13.0 Å². The van der Waals surface area contributed by atoms with E-state index in [1.165, 1.54) is 5.56 Å². The summed E-state index contributed by atoms with van der Waals surface area (Å²) in [5.74, 6) is -0.132. The maximum atomic E-state index is 12.3. The number of thioether (sulfide) groups is 1. The molecule has 0 saturated heterocycles. The van der Waals surface area contributed by atoms with Crippen LogP contribution in [0.4, 0.5) is 5.69 Å². The molecule has 1 aliphatic rings. The van der Waals surface area contributed by atoms with Crippen LogP contribution in [0.1, 0.15) is 24.9 Å². The lowest BCUT2D eigenvalue weighted by Crippen LogP contribution is -2.23. The van der Waals surface area contributed by atoms with E-state index in [2.05, 4.69) is 23.5 Å². The molecule has 22 heavy (non-hydrogen) atoms. The number of carbonyl (C=O) groups excluding carboxylic acids is 1. The molecule has 0 saturated carbocycles. The molecule has 2 aromatic rings. The summed E-state index contributed by atoms with van der Waals surface area (Å²) in [7, 11) is 0. The lowest BCUT2D eigenvalue weighted by molar-refractivity contribution is -0.142. The molecular weight excluding hydrogens is 294 g/mol.